The first-order valence-corrected chi connectivity index (χ1v) is 7.31. The fraction of sp³-hybridized carbons (Fsp3) is 0.250. The summed E-state index contributed by atoms with van der Waals surface area (Å²) in [5.41, 5.74) is 0.397. The molecule has 0 radical (unpaired) electrons. The Balaban J connectivity index is 2.08. The normalized spacial score (nSPS) is 10.1. The van der Waals surface area contributed by atoms with E-state index in [1.807, 2.05) is 13.0 Å². The molecule has 2 rings (SSSR count). The second-order valence-electron chi connectivity index (χ2n) is 4.80. The summed E-state index contributed by atoms with van der Waals surface area (Å²) >= 11 is 0. The highest BCUT2D eigenvalue weighted by atomic mass is 16.2. The lowest BCUT2D eigenvalue weighted by molar-refractivity contribution is -0.121. The van der Waals surface area contributed by atoms with E-state index in [4.69, 9.17) is 0 Å². The number of aryl methyl sites for hydroxylation is 1. The van der Waals surface area contributed by atoms with Gasteiger partial charge in [0.15, 0.2) is 0 Å². The molecule has 0 aliphatic heterocycles. The van der Waals surface area contributed by atoms with E-state index in [-0.39, 0.29) is 30.1 Å². The highest BCUT2D eigenvalue weighted by molar-refractivity contribution is 6.02. The van der Waals surface area contributed by atoms with Crippen molar-refractivity contribution in [2.45, 2.75) is 19.9 Å². The number of aromatic nitrogens is 2. The fourth-order valence-corrected chi connectivity index (χ4v) is 1.94. The van der Waals surface area contributed by atoms with E-state index in [1.54, 1.807) is 24.3 Å². The molecule has 0 fully saturated rings. The topological polar surface area (TPSA) is 93.1 Å². The highest BCUT2D eigenvalue weighted by Crippen LogP contribution is 2.06. The zero-order valence-corrected chi connectivity index (χ0v) is 12.8. The molecule has 0 saturated heterocycles. The summed E-state index contributed by atoms with van der Waals surface area (Å²) in [5.74, 6) is -0.580. The molecular formula is C16H18N4O3. The van der Waals surface area contributed by atoms with Crippen LogP contribution >= 0.6 is 0 Å². The van der Waals surface area contributed by atoms with Crippen LogP contribution in [0.4, 0.5) is 5.69 Å². The number of rotatable bonds is 6. The fourth-order valence-electron chi connectivity index (χ4n) is 1.94. The Kier molecular flexibility index (Phi) is 5.62. The zero-order valence-electron chi connectivity index (χ0n) is 12.8. The van der Waals surface area contributed by atoms with E-state index >= 15 is 0 Å². The van der Waals surface area contributed by atoms with Gasteiger partial charge >= 0.3 is 0 Å². The molecule has 2 N–H and O–H groups in total. The van der Waals surface area contributed by atoms with Gasteiger partial charge in [-0.1, -0.05) is 18.2 Å². The number of benzene rings is 1. The molecule has 120 valence electrons. The molecule has 0 bridgehead atoms. The summed E-state index contributed by atoms with van der Waals surface area (Å²) in [6.45, 7) is 2.47. The number of anilines is 1. The summed E-state index contributed by atoms with van der Waals surface area (Å²) in [4.78, 5) is 35.4. The van der Waals surface area contributed by atoms with E-state index in [0.29, 0.717) is 12.2 Å². The number of carbonyl (C=O) groups is 2. The number of hydrogen-bond donors (Lipinski definition) is 2. The van der Waals surface area contributed by atoms with Gasteiger partial charge in [-0.25, -0.2) is 4.68 Å². The van der Waals surface area contributed by atoms with Crippen molar-refractivity contribution < 1.29 is 9.59 Å². The minimum atomic E-state index is -0.414. The van der Waals surface area contributed by atoms with E-state index in [9.17, 15) is 14.4 Å². The number of amides is 2. The van der Waals surface area contributed by atoms with Gasteiger partial charge in [0.2, 0.25) is 5.91 Å². The molecule has 0 spiro atoms. The maximum atomic E-state index is 12.1. The molecule has 0 atom stereocenters. The van der Waals surface area contributed by atoms with Crippen molar-refractivity contribution in [2.75, 3.05) is 11.9 Å². The molecule has 0 aliphatic carbocycles. The minimum Gasteiger partial charge on any atom is -0.356 e. The molecule has 0 saturated carbocycles. The number of para-hydroxylation sites is 1. The van der Waals surface area contributed by atoms with E-state index in [1.165, 1.54) is 12.1 Å². The smallest absolute Gasteiger partial charge is 0.276 e. The summed E-state index contributed by atoms with van der Waals surface area (Å²) in [5, 5.41) is 9.35. The van der Waals surface area contributed by atoms with Gasteiger partial charge in [-0.15, -0.1) is 0 Å². The van der Waals surface area contributed by atoms with Crippen LogP contribution in [-0.2, 0) is 11.3 Å². The highest BCUT2D eigenvalue weighted by Gasteiger charge is 2.10. The first-order valence-electron chi connectivity index (χ1n) is 7.31. The van der Waals surface area contributed by atoms with Crippen molar-refractivity contribution in [1.29, 1.82) is 0 Å². The Hall–Kier alpha value is -2.96. The monoisotopic (exact) mass is 314 g/mol. The average molecular weight is 314 g/mol. The van der Waals surface area contributed by atoms with E-state index < -0.39 is 5.91 Å². The van der Waals surface area contributed by atoms with E-state index in [0.717, 1.165) is 4.68 Å². The Morgan fingerprint density at radius 3 is 2.57 bits per heavy atom. The molecule has 2 amide bonds. The quantitative estimate of drug-likeness (QED) is 0.832. The Bertz CT molecular complexity index is 740. The van der Waals surface area contributed by atoms with Crippen molar-refractivity contribution in [3.8, 4) is 0 Å². The molecular weight excluding hydrogens is 296 g/mol. The SMILES string of the molecule is CCNC(=O)CCn1nc(C(=O)Nc2ccccc2)ccc1=O. The largest absolute Gasteiger partial charge is 0.356 e. The molecule has 7 heteroatoms. The Labute approximate surface area is 133 Å². The number of carbonyl (C=O) groups excluding carboxylic acids is 2. The predicted molar refractivity (Wildman–Crippen MR) is 86.2 cm³/mol. The van der Waals surface area contributed by atoms with Gasteiger partial charge in [-0.3, -0.25) is 14.4 Å². The molecule has 23 heavy (non-hydrogen) atoms. The van der Waals surface area contributed by atoms with Crippen LogP contribution < -0.4 is 16.2 Å². The first kappa shape index (κ1) is 16.4. The second-order valence-corrected chi connectivity index (χ2v) is 4.80. The zero-order chi connectivity index (χ0) is 16.7. The van der Waals surface area contributed by atoms with Crippen LogP contribution in [0.1, 0.15) is 23.8 Å². The van der Waals surface area contributed by atoms with Crippen LogP contribution in [0.15, 0.2) is 47.3 Å². The standard InChI is InChI=1S/C16H18N4O3/c1-2-17-14(21)10-11-20-15(22)9-8-13(19-20)16(23)18-12-6-4-3-5-7-12/h3-9H,2,10-11H2,1H3,(H,17,21)(H,18,23). The third kappa shape index (κ3) is 4.77. The van der Waals surface area contributed by atoms with Gasteiger partial charge in [0, 0.05) is 24.7 Å². The predicted octanol–water partition coefficient (Wildman–Crippen LogP) is 1.02. The van der Waals surface area contributed by atoms with Crippen LogP contribution in [-0.4, -0.2) is 28.1 Å². The van der Waals surface area contributed by atoms with Gasteiger partial charge in [0.25, 0.3) is 11.5 Å². The first-order chi connectivity index (χ1) is 11.1. The van der Waals surface area contributed by atoms with Gasteiger partial charge in [-0.2, -0.15) is 5.10 Å². The van der Waals surface area contributed by atoms with Crippen molar-refractivity contribution in [3.05, 3.63) is 58.5 Å². The van der Waals surface area contributed by atoms with Crippen LogP contribution in [0.2, 0.25) is 0 Å². The Morgan fingerprint density at radius 2 is 1.87 bits per heavy atom. The van der Waals surface area contributed by atoms with Crippen molar-refractivity contribution in [2.24, 2.45) is 0 Å². The van der Waals surface area contributed by atoms with Crippen molar-refractivity contribution >= 4 is 17.5 Å². The number of nitrogens with one attached hydrogen (secondary N) is 2. The number of hydrogen-bond acceptors (Lipinski definition) is 4. The maximum Gasteiger partial charge on any atom is 0.276 e. The van der Waals surface area contributed by atoms with Gasteiger partial charge in [-0.05, 0) is 25.1 Å². The molecule has 2 aromatic rings. The summed E-state index contributed by atoms with van der Waals surface area (Å²) in [6.07, 6.45) is 0.129. The summed E-state index contributed by atoms with van der Waals surface area (Å²) in [6, 6.07) is 11.6. The van der Waals surface area contributed by atoms with Gasteiger partial charge in [0.1, 0.15) is 5.69 Å². The minimum absolute atomic E-state index is 0.115. The molecule has 1 aromatic heterocycles. The van der Waals surface area contributed by atoms with Crippen LogP contribution in [0.25, 0.3) is 0 Å². The number of nitrogens with zero attached hydrogens (tertiary/aromatic N) is 2. The third-order valence-electron chi connectivity index (χ3n) is 3.06. The van der Waals surface area contributed by atoms with Crippen molar-refractivity contribution in [3.63, 3.8) is 0 Å². The lowest BCUT2D eigenvalue weighted by Gasteiger charge is -2.08. The van der Waals surface area contributed by atoms with Crippen LogP contribution in [0, 0.1) is 0 Å². The van der Waals surface area contributed by atoms with Crippen LogP contribution in [0.5, 0.6) is 0 Å². The summed E-state index contributed by atoms with van der Waals surface area (Å²) < 4.78 is 1.12. The average Bonchev–Trinajstić information content (AvgIpc) is 2.55. The molecule has 7 nitrogen and oxygen atoms in total. The molecule has 1 heterocycles. The van der Waals surface area contributed by atoms with Crippen LogP contribution in [0.3, 0.4) is 0 Å². The third-order valence-corrected chi connectivity index (χ3v) is 3.06. The molecule has 1 aromatic carbocycles. The van der Waals surface area contributed by atoms with Gasteiger partial charge in [0.05, 0.1) is 6.54 Å². The van der Waals surface area contributed by atoms with Crippen molar-refractivity contribution in [1.82, 2.24) is 15.1 Å². The maximum absolute atomic E-state index is 12.1. The van der Waals surface area contributed by atoms with Gasteiger partial charge < -0.3 is 10.6 Å². The lowest BCUT2D eigenvalue weighted by Crippen LogP contribution is -2.29. The van der Waals surface area contributed by atoms with E-state index in [2.05, 4.69) is 15.7 Å². The molecule has 0 aliphatic rings. The second kappa shape index (κ2) is 7.88. The Morgan fingerprint density at radius 1 is 1.13 bits per heavy atom. The summed E-state index contributed by atoms with van der Waals surface area (Å²) in [7, 11) is 0. The lowest BCUT2D eigenvalue weighted by atomic mass is 10.3. The molecule has 0 unspecified atom stereocenters.